The van der Waals surface area contributed by atoms with Gasteiger partial charge in [0.05, 0.1) is 0 Å². The molecule has 3 unspecified atom stereocenters. The molecule has 0 saturated heterocycles. The van der Waals surface area contributed by atoms with Crippen molar-refractivity contribution in [3.63, 3.8) is 0 Å². The van der Waals surface area contributed by atoms with E-state index in [4.69, 9.17) is 14.2 Å². The molecule has 0 aromatic heterocycles. The topological polar surface area (TPSA) is 47.9 Å². The van der Waals surface area contributed by atoms with Crippen molar-refractivity contribution >= 4 is 0 Å². The molecule has 0 saturated carbocycles. The Morgan fingerprint density at radius 2 is 2.07 bits per heavy atom. The van der Waals surface area contributed by atoms with Crippen LogP contribution in [0.15, 0.2) is 12.2 Å². The van der Waals surface area contributed by atoms with Crippen LogP contribution in [0.2, 0.25) is 0 Å². The molecular formula is C10H18O4. The summed E-state index contributed by atoms with van der Waals surface area (Å²) >= 11 is 0. The SMILES string of the molecule is COC1C=CC(OC)(C(O)C(C)C)O1. The van der Waals surface area contributed by atoms with Gasteiger partial charge in [-0.05, 0) is 18.1 Å². The van der Waals surface area contributed by atoms with Crippen molar-refractivity contribution in [1.29, 1.82) is 0 Å². The van der Waals surface area contributed by atoms with Gasteiger partial charge in [0.2, 0.25) is 5.79 Å². The summed E-state index contributed by atoms with van der Waals surface area (Å²) in [4.78, 5) is 0. The average Bonchev–Trinajstić information content (AvgIpc) is 2.61. The number of ether oxygens (including phenoxy) is 3. The maximum atomic E-state index is 9.93. The summed E-state index contributed by atoms with van der Waals surface area (Å²) in [7, 11) is 3.05. The quantitative estimate of drug-likeness (QED) is 0.688. The Hall–Kier alpha value is -0.420. The van der Waals surface area contributed by atoms with E-state index in [0.29, 0.717) is 0 Å². The minimum atomic E-state index is -1.06. The Labute approximate surface area is 84.5 Å². The smallest absolute Gasteiger partial charge is 0.217 e. The van der Waals surface area contributed by atoms with Crippen molar-refractivity contribution in [1.82, 2.24) is 0 Å². The molecule has 0 aliphatic carbocycles. The van der Waals surface area contributed by atoms with Crippen molar-refractivity contribution in [2.24, 2.45) is 5.92 Å². The molecule has 0 bridgehead atoms. The summed E-state index contributed by atoms with van der Waals surface area (Å²) in [6.45, 7) is 3.81. The number of methoxy groups -OCH3 is 2. The predicted molar refractivity (Wildman–Crippen MR) is 51.6 cm³/mol. The van der Waals surface area contributed by atoms with Crippen LogP contribution >= 0.6 is 0 Å². The van der Waals surface area contributed by atoms with Gasteiger partial charge < -0.3 is 19.3 Å². The van der Waals surface area contributed by atoms with Crippen LogP contribution in [0, 0.1) is 5.92 Å². The van der Waals surface area contributed by atoms with Gasteiger partial charge in [-0.15, -0.1) is 0 Å². The Bertz CT molecular complexity index is 214. The Morgan fingerprint density at radius 3 is 2.43 bits per heavy atom. The summed E-state index contributed by atoms with van der Waals surface area (Å²) in [6, 6.07) is 0. The highest BCUT2D eigenvalue weighted by Gasteiger charge is 2.44. The first kappa shape index (κ1) is 11.7. The van der Waals surface area contributed by atoms with Crippen molar-refractivity contribution in [3.05, 3.63) is 12.2 Å². The molecule has 4 nitrogen and oxygen atoms in total. The molecular weight excluding hydrogens is 184 g/mol. The van der Waals surface area contributed by atoms with E-state index in [0.717, 1.165) is 0 Å². The van der Waals surface area contributed by atoms with E-state index < -0.39 is 18.2 Å². The molecule has 1 N–H and O–H groups in total. The molecule has 0 aromatic rings. The lowest BCUT2D eigenvalue weighted by Crippen LogP contribution is -2.47. The van der Waals surface area contributed by atoms with Crippen LogP contribution in [0.3, 0.4) is 0 Å². The average molecular weight is 202 g/mol. The minimum absolute atomic E-state index is 0.0511. The summed E-state index contributed by atoms with van der Waals surface area (Å²) in [5.74, 6) is -1.01. The summed E-state index contributed by atoms with van der Waals surface area (Å²) in [5, 5.41) is 9.93. The zero-order valence-corrected chi connectivity index (χ0v) is 9.06. The fourth-order valence-electron chi connectivity index (χ4n) is 1.47. The second-order valence-electron chi connectivity index (χ2n) is 3.70. The Kier molecular flexibility index (Phi) is 3.66. The van der Waals surface area contributed by atoms with E-state index in [-0.39, 0.29) is 5.92 Å². The van der Waals surface area contributed by atoms with Crippen molar-refractivity contribution in [2.75, 3.05) is 14.2 Å². The van der Waals surface area contributed by atoms with Crippen LogP contribution < -0.4 is 0 Å². The fourth-order valence-corrected chi connectivity index (χ4v) is 1.47. The first-order valence-electron chi connectivity index (χ1n) is 4.69. The molecule has 14 heavy (non-hydrogen) atoms. The Balaban J connectivity index is 2.75. The van der Waals surface area contributed by atoms with Crippen LogP contribution in [-0.2, 0) is 14.2 Å². The third kappa shape index (κ3) is 1.98. The minimum Gasteiger partial charge on any atom is -0.387 e. The van der Waals surface area contributed by atoms with E-state index >= 15 is 0 Å². The zero-order chi connectivity index (χ0) is 10.8. The van der Waals surface area contributed by atoms with Gasteiger partial charge in [-0.25, -0.2) is 0 Å². The van der Waals surface area contributed by atoms with Crippen LogP contribution in [0.4, 0.5) is 0 Å². The van der Waals surface area contributed by atoms with E-state index in [9.17, 15) is 5.11 Å². The largest absolute Gasteiger partial charge is 0.387 e. The van der Waals surface area contributed by atoms with Gasteiger partial charge >= 0.3 is 0 Å². The predicted octanol–water partition coefficient (Wildman–Crippen LogP) is 0.905. The van der Waals surface area contributed by atoms with Gasteiger partial charge in [0.1, 0.15) is 6.10 Å². The van der Waals surface area contributed by atoms with Gasteiger partial charge in [-0.2, -0.15) is 0 Å². The van der Waals surface area contributed by atoms with Crippen LogP contribution in [0.1, 0.15) is 13.8 Å². The standard InChI is InChI=1S/C10H18O4/c1-7(2)9(11)10(13-4)6-5-8(12-3)14-10/h5-9,11H,1-4H3. The van der Waals surface area contributed by atoms with Gasteiger partial charge in [0, 0.05) is 14.2 Å². The summed E-state index contributed by atoms with van der Waals surface area (Å²) < 4.78 is 15.7. The molecule has 3 atom stereocenters. The van der Waals surface area contributed by atoms with Crippen molar-refractivity contribution in [3.8, 4) is 0 Å². The Morgan fingerprint density at radius 1 is 1.43 bits per heavy atom. The molecule has 0 radical (unpaired) electrons. The van der Waals surface area contributed by atoms with E-state index in [2.05, 4.69) is 0 Å². The lowest BCUT2D eigenvalue weighted by Gasteiger charge is -2.33. The molecule has 1 aliphatic heterocycles. The second kappa shape index (κ2) is 4.40. The van der Waals surface area contributed by atoms with Crippen LogP contribution in [0.5, 0.6) is 0 Å². The lowest BCUT2D eigenvalue weighted by molar-refractivity contribution is -0.285. The third-order valence-electron chi connectivity index (χ3n) is 2.38. The highest BCUT2D eigenvalue weighted by Crippen LogP contribution is 2.31. The van der Waals surface area contributed by atoms with E-state index in [1.54, 1.807) is 19.3 Å². The molecule has 4 heteroatoms. The van der Waals surface area contributed by atoms with E-state index in [1.807, 2.05) is 13.8 Å². The highest BCUT2D eigenvalue weighted by molar-refractivity contribution is 5.08. The number of rotatable bonds is 4. The molecule has 0 amide bonds. The zero-order valence-electron chi connectivity index (χ0n) is 9.06. The molecule has 0 spiro atoms. The summed E-state index contributed by atoms with van der Waals surface area (Å²) in [5.41, 5.74) is 0. The molecule has 0 fully saturated rings. The number of hydrogen-bond acceptors (Lipinski definition) is 4. The molecule has 1 aliphatic rings. The fraction of sp³-hybridized carbons (Fsp3) is 0.800. The van der Waals surface area contributed by atoms with E-state index in [1.165, 1.54) is 7.11 Å². The van der Waals surface area contributed by atoms with Gasteiger partial charge in [0.15, 0.2) is 6.29 Å². The van der Waals surface area contributed by atoms with Gasteiger partial charge in [-0.3, -0.25) is 0 Å². The monoisotopic (exact) mass is 202 g/mol. The molecule has 1 heterocycles. The number of hydrogen-bond donors (Lipinski definition) is 1. The maximum Gasteiger partial charge on any atom is 0.217 e. The normalized spacial score (nSPS) is 34.0. The third-order valence-corrected chi connectivity index (χ3v) is 2.38. The number of aliphatic hydroxyl groups is 1. The molecule has 1 rings (SSSR count). The van der Waals surface area contributed by atoms with Crippen molar-refractivity contribution in [2.45, 2.75) is 32.0 Å². The molecule has 82 valence electrons. The van der Waals surface area contributed by atoms with Gasteiger partial charge in [0.25, 0.3) is 0 Å². The van der Waals surface area contributed by atoms with Crippen molar-refractivity contribution < 1.29 is 19.3 Å². The number of aliphatic hydroxyl groups excluding tert-OH is 1. The summed E-state index contributed by atoms with van der Waals surface area (Å²) in [6.07, 6.45) is 2.29. The highest BCUT2D eigenvalue weighted by atomic mass is 16.8. The second-order valence-corrected chi connectivity index (χ2v) is 3.70. The van der Waals surface area contributed by atoms with Crippen LogP contribution in [0.25, 0.3) is 0 Å². The maximum absolute atomic E-state index is 9.93. The first-order valence-corrected chi connectivity index (χ1v) is 4.69. The first-order chi connectivity index (χ1) is 6.55. The van der Waals surface area contributed by atoms with Gasteiger partial charge in [-0.1, -0.05) is 13.8 Å². The van der Waals surface area contributed by atoms with Crippen LogP contribution in [-0.4, -0.2) is 37.5 Å². The lowest BCUT2D eigenvalue weighted by atomic mass is 9.99. The molecule has 0 aromatic carbocycles.